The number of hydrogen-bond acceptors (Lipinski definition) is 3. The number of carbonyl (C=O) groups excluding carboxylic acids is 1. The number of ether oxygens (including phenoxy) is 1. The fraction of sp³-hybridized carbons (Fsp3) is 0.318. The zero-order chi connectivity index (χ0) is 19.0. The van der Waals surface area contributed by atoms with Crippen LogP contribution in [0.1, 0.15) is 23.7 Å². The number of benzene rings is 2. The van der Waals surface area contributed by atoms with E-state index < -0.39 is 0 Å². The summed E-state index contributed by atoms with van der Waals surface area (Å²) in [6.07, 6.45) is 0.609. The first-order valence-corrected chi connectivity index (χ1v) is 9.43. The normalized spacial score (nSPS) is 13.5. The average molecular weight is 363 g/mol. The van der Waals surface area contributed by atoms with Crippen LogP contribution in [0.5, 0.6) is 0 Å². The molecule has 1 aromatic heterocycles. The van der Waals surface area contributed by atoms with Gasteiger partial charge in [0.2, 0.25) is 0 Å². The molecule has 3 aromatic rings. The largest absolute Gasteiger partial charge is 0.450 e. The molecule has 1 aliphatic rings. The fourth-order valence-electron chi connectivity index (χ4n) is 3.91. The molecule has 2 heterocycles. The van der Waals surface area contributed by atoms with Crippen molar-refractivity contribution in [2.45, 2.75) is 26.8 Å². The third-order valence-corrected chi connectivity index (χ3v) is 5.27. The third kappa shape index (κ3) is 3.14. The van der Waals surface area contributed by atoms with Gasteiger partial charge in [-0.3, -0.25) is 0 Å². The lowest BCUT2D eigenvalue weighted by atomic mass is 10.0. The zero-order valence-electron chi connectivity index (χ0n) is 16.1. The van der Waals surface area contributed by atoms with Gasteiger partial charge in [0.1, 0.15) is 0 Å². The molecule has 5 nitrogen and oxygen atoms in total. The van der Waals surface area contributed by atoms with Crippen molar-refractivity contribution in [1.82, 2.24) is 9.47 Å². The molecule has 0 unspecified atom stereocenters. The molecule has 1 aliphatic heterocycles. The number of carbonyl (C=O) groups is 1. The molecule has 1 amide bonds. The maximum atomic E-state index is 12.2. The van der Waals surface area contributed by atoms with Gasteiger partial charge in [-0.05, 0) is 32.0 Å². The van der Waals surface area contributed by atoms with E-state index in [0.29, 0.717) is 19.7 Å². The summed E-state index contributed by atoms with van der Waals surface area (Å²) in [6.45, 7) is 5.62. The second kappa shape index (κ2) is 6.99. The van der Waals surface area contributed by atoms with Crippen molar-refractivity contribution >= 4 is 28.4 Å². The van der Waals surface area contributed by atoms with Gasteiger partial charge < -0.3 is 19.5 Å². The van der Waals surface area contributed by atoms with Crippen LogP contribution in [-0.2, 0) is 24.8 Å². The Morgan fingerprint density at radius 1 is 1.19 bits per heavy atom. The molecule has 0 saturated heterocycles. The van der Waals surface area contributed by atoms with Crippen molar-refractivity contribution in [2.24, 2.45) is 7.05 Å². The molecule has 0 aliphatic carbocycles. The number of fused-ring (bicyclic) bond motifs is 3. The summed E-state index contributed by atoms with van der Waals surface area (Å²) in [5, 5.41) is 4.75. The van der Waals surface area contributed by atoms with Crippen LogP contribution >= 0.6 is 0 Å². The number of anilines is 2. The Kier molecular flexibility index (Phi) is 4.52. The molecular weight excluding hydrogens is 338 g/mol. The summed E-state index contributed by atoms with van der Waals surface area (Å²) in [4.78, 5) is 14.0. The molecular formula is C22H25N3O2. The third-order valence-electron chi connectivity index (χ3n) is 5.27. The highest BCUT2D eigenvalue weighted by atomic mass is 16.6. The Hall–Kier alpha value is -2.95. The van der Waals surface area contributed by atoms with E-state index in [1.54, 1.807) is 4.90 Å². The van der Waals surface area contributed by atoms with Crippen LogP contribution in [-0.4, -0.2) is 28.7 Å². The smallest absolute Gasteiger partial charge is 0.410 e. The number of nitrogens with one attached hydrogen (secondary N) is 1. The van der Waals surface area contributed by atoms with E-state index in [2.05, 4.69) is 66.3 Å². The first-order chi connectivity index (χ1) is 13.1. The highest BCUT2D eigenvalue weighted by molar-refractivity contribution is 5.97. The quantitative estimate of drug-likeness (QED) is 0.731. The van der Waals surface area contributed by atoms with Crippen LogP contribution in [0, 0.1) is 6.92 Å². The Morgan fingerprint density at radius 3 is 2.70 bits per heavy atom. The first-order valence-electron chi connectivity index (χ1n) is 9.43. The maximum Gasteiger partial charge on any atom is 0.410 e. The van der Waals surface area contributed by atoms with E-state index in [4.69, 9.17) is 4.74 Å². The molecule has 140 valence electrons. The van der Waals surface area contributed by atoms with Crippen LogP contribution in [0.15, 0.2) is 42.5 Å². The van der Waals surface area contributed by atoms with Gasteiger partial charge in [-0.1, -0.05) is 29.8 Å². The first kappa shape index (κ1) is 17.5. The highest BCUT2D eigenvalue weighted by Crippen LogP contribution is 2.35. The minimum Gasteiger partial charge on any atom is -0.450 e. The van der Waals surface area contributed by atoms with Crippen molar-refractivity contribution in [3.63, 3.8) is 0 Å². The van der Waals surface area contributed by atoms with E-state index in [-0.39, 0.29) is 6.09 Å². The molecule has 0 fully saturated rings. The number of amides is 1. The van der Waals surface area contributed by atoms with Gasteiger partial charge in [-0.25, -0.2) is 4.79 Å². The predicted molar refractivity (Wildman–Crippen MR) is 109 cm³/mol. The van der Waals surface area contributed by atoms with Gasteiger partial charge in [0, 0.05) is 42.3 Å². The van der Waals surface area contributed by atoms with Crippen LogP contribution in [0.2, 0.25) is 0 Å². The summed E-state index contributed by atoms with van der Waals surface area (Å²) >= 11 is 0. The summed E-state index contributed by atoms with van der Waals surface area (Å²) in [5.74, 6) is 0. The number of hydrogen-bond donors (Lipinski definition) is 1. The minimum absolute atomic E-state index is 0.228. The van der Waals surface area contributed by atoms with Crippen molar-refractivity contribution in [2.75, 3.05) is 18.5 Å². The lowest BCUT2D eigenvalue weighted by molar-refractivity contribution is 0.102. The summed E-state index contributed by atoms with van der Waals surface area (Å²) in [5.41, 5.74) is 7.08. The Balaban J connectivity index is 1.73. The van der Waals surface area contributed by atoms with Gasteiger partial charge >= 0.3 is 6.09 Å². The van der Waals surface area contributed by atoms with Crippen LogP contribution < -0.4 is 5.32 Å². The lowest BCUT2D eigenvalue weighted by Gasteiger charge is -2.27. The van der Waals surface area contributed by atoms with Crippen LogP contribution in [0.25, 0.3) is 10.9 Å². The molecule has 2 aromatic carbocycles. The summed E-state index contributed by atoms with van der Waals surface area (Å²) in [7, 11) is 2.11. The molecule has 0 saturated carbocycles. The molecule has 27 heavy (non-hydrogen) atoms. The van der Waals surface area contributed by atoms with Crippen molar-refractivity contribution < 1.29 is 9.53 Å². The fourth-order valence-corrected chi connectivity index (χ4v) is 3.91. The van der Waals surface area contributed by atoms with Gasteiger partial charge in [-0.15, -0.1) is 0 Å². The Morgan fingerprint density at radius 2 is 1.96 bits per heavy atom. The summed E-state index contributed by atoms with van der Waals surface area (Å²) in [6, 6.07) is 14.7. The minimum atomic E-state index is -0.228. The molecule has 1 N–H and O–H groups in total. The standard InChI is InChI=1S/C22H25N3O2/c1-4-27-22(26)25-13-12-20-18(14-25)17-6-5-7-19(21(17)24(20)3)23-16-10-8-15(2)9-11-16/h5-11,23H,4,12-14H2,1-3H3. The van der Waals surface area contributed by atoms with Crippen LogP contribution in [0.4, 0.5) is 16.2 Å². The number of rotatable bonds is 3. The van der Waals surface area contributed by atoms with E-state index in [1.807, 2.05) is 6.92 Å². The Bertz CT molecular complexity index is 989. The highest BCUT2D eigenvalue weighted by Gasteiger charge is 2.27. The molecule has 4 rings (SSSR count). The molecule has 0 bridgehead atoms. The molecule has 0 atom stereocenters. The van der Waals surface area contributed by atoms with E-state index in [1.165, 1.54) is 27.7 Å². The van der Waals surface area contributed by atoms with E-state index in [0.717, 1.165) is 17.8 Å². The van der Waals surface area contributed by atoms with Crippen molar-refractivity contribution in [3.8, 4) is 0 Å². The van der Waals surface area contributed by atoms with E-state index in [9.17, 15) is 4.79 Å². The Labute approximate surface area is 159 Å². The predicted octanol–water partition coefficient (Wildman–Crippen LogP) is 4.74. The second-order valence-electron chi connectivity index (χ2n) is 7.05. The number of aryl methyl sites for hydroxylation is 2. The number of nitrogens with zero attached hydrogens (tertiary/aromatic N) is 2. The molecule has 0 spiro atoms. The van der Waals surface area contributed by atoms with Crippen molar-refractivity contribution in [1.29, 1.82) is 0 Å². The van der Waals surface area contributed by atoms with Gasteiger partial charge in [0.25, 0.3) is 0 Å². The molecule has 5 heteroatoms. The van der Waals surface area contributed by atoms with Gasteiger partial charge in [0.05, 0.1) is 24.4 Å². The van der Waals surface area contributed by atoms with Gasteiger partial charge in [-0.2, -0.15) is 0 Å². The SMILES string of the molecule is CCOC(=O)N1CCc2c(c3cccc(Nc4ccc(C)cc4)c3n2C)C1. The second-order valence-corrected chi connectivity index (χ2v) is 7.05. The zero-order valence-corrected chi connectivity index (χ0v) is 16.1. The monoisotopic (exact) mass is 363 g/mol. The maximum absolute atomic E-state index is 12.2. The van der Waals surface area contributed by atoms with Crippen LogP contribution in [0.3, 0.4) is 0 Å². The van der Waals surface area contributed by atoms with Gasteiger partial charge in [0.15, 0.2) is 0 Å². The topological polar surface area (TPSA) is 46.5 Å². The number of para-hydroxylation sites is 1. The number of aromatic nitrogens is 1. The van der Waals surface area contributed by atoms with Crippen molar-refractivity contribution in [3.05, 3.63) is 59.3 Å². The van der Waals surface area contributed by atoms with E-state index >= 15 is 0 Å². The molecule has 0 radical (unpaired) electrons. The lowest BCUT2D eigenvalue weighted by Crippen LogP contribution is -2.36. The summed E-state index contributed by atoms with van der Waals surface area (Å²) < 4.78 is 7.46. The average Bonchev–Trinajstić information content (AvgIpc) is 2.97.